The normalized spacial score (nSPS) is 24.9. The molecule has 0 amide bonds. The summed E-state index contributed by atoms with van der Waals surface area (Å²) in [6.45, 7) is 4.19. The van der Waals surface area contributed by atoms with Crippen molar-refractivity contribution in [3.8, 4) is 22.4 Å². The van der Waals surface area contributed by atoms with Crippen LogP contribution < -0.4 is 5.43 Å². The van der Waals surface area contributed by atoms with Gasteiger partial charge in [-0.2, -0.15) is 13.5 Å². The van der Waals surface area contributed by atoms with Gasteiger partial charge >= 0.3 is 0 Å². The minimum atomic E-state index is -4.12. The predicted octanol–water partition coefficient (Wildman–Crippen LogP) is 5.96. The molecule has 0 saturated heterocycles. The first-order valence-corrected chi connectivity index (χ1v) is 13.6. The lowest BCUT2D eigenvalue weighted by Crippen LogP contribution is -2.42. The van der Waals surface area contributed by atoms with Crippen molar-refractivity contribution in [3.05, 3.63) is 60.0 Å². The molecule has 1 aromatic heterocycles. The molecule has 0 aliphatic heterocycles. The number of fused-ring (bicyclic) bond motifs is 2. The summed E-state index contributed by atoms with van der Waals surface area (Å²) < 4.78 is 33.3. The Bertz CT molecular complexity index is 1300. The van der Waals surface area contributed by atoms with Gasteiger partial charge in [-0.05, 0) is 41.7 Å². The first-order chi connectivity index (χ1) is 15.7. The van der Waals surface area contributed by atoms with Crippen molar-refractivity contribution in [3.63, 3.8) is 0 Å². The van der Waals surface area contributed by atoms with Crippen LogP contribution in [0.1, 0.15) is 33.1 Å². The van der Waals surface area contributed by atoms with Gasteiger partial charge in [0.05, 0.1) is 11.4 Å². The van der Waals surface area contributed by atoms with E-state index < -0.39 is 15.5 Å². The molecule has 1 heterocycles. The molecule has 2 saturated carbocycles. The molecule has 172 valence electrons. The SMILES string of the molecule is CC1(C)C2CCC1(CS(=O)(=O)O)C(=NNc1nc(-c3ccc(-c4ccccc4)cc3)cs1)C2. The van der Waals surface area contributed by atoms with Gasteiger partial charge in [0.1, 0.15) is 0 Å². The van der Waals surface area contributed by atoms with Crippen LogP contribution in [-0.2, 0) is 10.1 Å². The Kier molecular flexibility index (Phi) is 5.42. The number of hydrogen-bond acceptors (Lipinski definition) is 6. The van der Waals surface area contributed by atoms with Gasteiger partial charge in [0, 0.05) is 22.1 Å². The van der Waals surface area contributed by atoms with Crippen molar-refractivity contribution < 1.29 is 13.0 Å². The second-order valence-electron chi connectivity index (χ2n) is 9.62. The lowest BCUT2D eigenvalue weighted by atomic mass is 9.70. The summed E-state index contributed by atoms with van der Waals surface area (Å²) in [4.78, 5) is 4.67. The molecule has 0 radical (unpaired) electrons. The molecule has 2 unspecified atom stereocenters. The number of hydrogen-bond donors (Lipinski definition) is 2. The number of anilines is 1. The number of rotatable bonds is 6. The van der Waals surface area contributed by atoms with Crippen molar-refractivity contribution in [2.24, 2.45) is 21.8 Å². The molecule has 33 heavy (non-hydrogen) atoms. The second kappa shape index (κ2) is 8.04. The summed E-state index contributed by atoms with van der Waals surface area (Å²) in [7, 11) is -4.12. The smallest absolute Gasteiger partial charge is 0.265 e. The average Bonchev–Trinajstić information content (AvgIpc) is 3.40. The van der Waals surface area contributed by atoms with Gasteiger partial charge in [-0.25, -0.2) is 4.98 Å². The molecule has 2 atom stereocenters. The molecule has 2 aromatic carbocycles. The van der Waals surface area contributed by atoms with Gasteiger partial charge in [-0.15, -0.1) is 11.3 Å². The summed E-state index contributed by atoms with van der Waals surface area (Å²) in [6, 6.07) is 18.5. The highest BCUT2D eigenvalue weighted by atomic mass is 32.2. The van der Waals surface area contributed by atoms with Crippen LogP contribution in [0.15, 0.2) is 65.1 Å². The van der Waals surface area contributed by atoms with E-state index >= 15 is 0 Å². The molecule has 2 aliphatic carbocycles. The van der Waals surface area contributed by atoms with Gasteiger partial charge in [0.25, 0.3) is 10.1 Å². The van der Waals surface area contributed by atoms with E-state index in [9.17, 15) is 13.0 Å². The van der Waals surface area contributed by atoms with E-state index in [-0.39, 0.29) is 11.2 Å². The van der Waals surface area contributed by atoms with Crippen LogP contribution in [0.2, 0.25) is 0 Å². The van der Waals surface area contributed by atoms with Gasteiger partial charge in [-0.3, -0.25) is 9.98 Å². The molecular formula is C25H27N3O3S2. The van der Waals surface area contributed by atoms with E-state index in [0.29, 0.717) is 11.0 Å². The van der Waals surface area contributed by atoms with Gasteiger partial charge in [-0.1, -0.05) is 68.4 Å². The Hall–Kier alpha value is -2.55. The molecule has 3 aromatic rings. The number of nitrogens with one attached hydrogen (secondary N) is 1. The van der Waals surface area contributed by atoms with Crippen LogP contribution in [0.5, 0.6) is 0 Å². The van der Waals surface area contributed by atoms with E-state index in [4.69, 9.17) is 0 Å². The Labute approximate surface area is 198 Å². The van der Waals surface area contributed by atoms with Gasteiger partial charge < -0.3 is 0 Å². The van der Waals surface area contributed by atoms with Crippen molar-refractivity contribution in [1.29, 1.82) is 0 Å². The molecule has 2 aliphatic rings. The molecule has 5 rings (SSSR count). The fourth-order valence-electron chi connectivity index (χ4n) is 5.64. The van der Waals surface area contributed by atoms with E-state index in [1.54, 1.807) is 0 Å². The summed E-state index contributed by atoms with van der Waals surface area (Å²) >= 11 is 1.46. The maximum atomic E-state index is 11.8. The van der Waals surface area contributed by atoms with Crippen LogP contribution in [-0.4, -0.2) is 29.4 Å². The number of thiazole rings is 1. The predicted molar refractivity (Wildman–Crippen MR) is 134 cm³/mol. The highest BCUT2D eigenvalue weighted by Gasteiger charge is 2.64. The highest BCUT2D eigenvalue weighted by molar-refractivity contribution is 7.85. The Morgan fingerprint density at radius 3 is 2.42 bits per heavy atom. The maximum absolute atomic E-state index is 11.8. The minimum Gasteiger partial charge on any atom is -0.286 e. The fourth-order valence-corrected chi connectivity index (χ4v) is 7.61. The van der Waals surface area contributed by atoms with Crippen molar-refractivity contribution in [2.75, 3.05) is 11.2 Å². The lowest BCUT2D eigenvalue weighted by Gasteiger charge is -2.37. The number of hydrazone groups is 1. The van der Waals surface area contributed by atoms with Crippen molar-refractivity contribution in [1.82, 2.24) is 4.98 Å². The van der Waals surface area contributed by atoms with Crippen molar-refractivity contribution in [2.45, 2.75) is 33.1 Å². The number of nitrogens with zero attached hydrogens (tertiary/aromatic N) is 2. The number of benzene rings is 2. The summed E-state index contributed by atoms with van der Waals surface area (Å²) in [5, 5.41) is 7.27. The Morgan fingerprint density at radius 2 is 1.76 bits per heavy atom. The summed E-state index contributed by atoms with van der Waals surface area (Å²) in [5.74, 6) is 0.0933. The van der Waals surface area contributed by atoms with E-state index in [0.717, 1.165) is 41.8 Å². The molecule has 6 nitrogen and oxygen atoms in total. The van der Waals surface area contributed by atoms with Gasteiger partial charge in [0.15, 0.2) is 0 Å². The third kappa shape index (κ3) is 4.00. The van der Waals surface area contributed by atoms with Gasteiger partial charge in [0.2, 0.25) is 5.13 Å². The minimum absolute atomic E-state index is 0.224. The zero-order valence-corrected chi connectivity index (χ0v) is 20.3. The van der Waals surface area contributed by atoms with Crippen LogP contribution in [0.3, 0.4) is 0 Å². The molecule has 0 spiro atoms. The summed E-state index contributed by atoms with van der Waals surface area (Å²) in [6.07, 6.45) is 2.43. The quantitative estimate of drug-likeness (QED) is 0.335. The zero-order chi connectivity index (χ0) is 23.3. The monoisotopic (exact) mass is 481 g/mol. The molecule has 2 N–H and O–H groups in total. The first-order valence-electron chi connectivity index (χ1n) is 11.1. The van der Waals surface area contributed by atoms with Crippen LogP contribution in [0.4, 0.5) is 5.13 Å². The lowest BCUT2D eigenvalue weighted by molar-refractivity contribution is 0.193. The maximum Gasteiger partial charge on any atom is 0.265 e. The molecular weight excluding hydrogens is 454 g/mol. The topological polar surface area (TPSA) is 91.7 Å². The van der Waals surface area contributed by atoms with E-state index in [1.165, 1.54) is 16.9 Å². The fraction of sp³-hybridized carbons (Fsp3) is 0.360. The molecule has 2 fully saturated rings. The van der Waals surface area contributed by atoms with Crippen molar-refractivity contribution >= 4 is 32.3 Å². The third-order valence-electron chi connectivity index (χ3n) is 7.67. The molecule has 8 heteroatoms. The van der Waals surface area contributed by atoms with Crippen LogP contribution in [0.25, 0.3) is 22.4 Å². The highest BCUT2D eigenvalue weighted by Crippen LogP contribution is 2.64. The molecule has 2 bridgehead atoms. The largest absolute Gasteiger partial charge is 0.286 e. The Balaban J connectivity index is 1.35. The Morgan fingerprint density at radius 1 is 1.09 bits per heavy atom. The standard InChI is InChI=1S/C25H27N3O3S2/c1-24(2)20-12-13-25(24,16-33(29,30)31)22(14-20)27-28-23-26-21(15-32-23)19-10-8-18(9-11-19)17-6-4-3-5-7-17/h3-11,15,20H,12-14,16H2,1-2H3,(H,26,28)(H,29,30,31). The van der Waals surface area contributed by atoms with Crippen LogP contribution >= 0.6 is 11.3 Å². The zero-order valence-electron chi connectivity index (χ0n) is 18.7. The third-order valence-corrected chi connectivity index (χ3v) is 9.28. The van der Waals surface area contributed by atoms with Crippen LogP contribution in [0, 0.1) is 16.7 Å². The van der Waals surface area contributed by atoms with E-state index in [1.807, 2.05) is 23.6 Å². The van der Waals surface area contributed by atoms with E-state index in [2.05, 4.69) is 65.8 Å². The average molecular weight is 482 g/mol. The second-order valence-corrected chi connectivity index (χ2v) is 11.9. The summed E-state index contributed by atoms with van der Waals surface area (Å²) in [5.41, 5.74) is 7.25. The first kappa shape index (κ1) is 22.3. The number of aromatic nitrogens is 1.